The summed E-state index contributed by atoms with van der Waals surface area (Å²) in [4.78, 5) is 30.1. The molecule has 0 atom stereocenters. The van der Waals surface area contributed by atoms with Gasteiger partial charge in [-0.2, -0.15) is 0 Å². The van der Waals surface area contributed by atoms with E-state index >= 15 is 0 Å². The molecule has 0 aliphatic carbocycles. The van der Waals surface area contributed by atoms with Crippen molar-refractivity contribution in [3.05, 3.63) is 51.8 Å². The lowest BCUT2D eigenvalue weighted by Crippen LogP contribution is -2.11. The fraction of sp³-hybridized carbons (Fsp3) is 0.0833. The summed E-state index contributed by atoms with van der Waals surface area (Å²) in [6, 6.07) is 5.79. The summed E-state index contributed by atoms with van der Waals surface area (Å²) in [6.07, 6.45) is 1.58. The Hall–Kier alpha value is -2.48. The van der Waals surface area contributed by atoms with Gasteiger partial charge in [0, 0.05) is 23.5 Å². The van der Waals surface area contributed by atoms with Crippen LogP contribution in [0.15, 0.2) is 40.5 Å². The van der Waals surface area contributed by atoms with Gasteiger partial charge in [-0.25, -0.2) is 9.97 Å². The van der Waals surface area contributed by atoms with Crippen LogP contribution in [0.1, 0.15) is 16.1 Å². The summed E-state index contributed by atoms with van der Waals surface area (Å²) < 4.78 is 0. The van der Waals surface area contributed by atoms with Crippen molar-refractivity contribution < 1.29 is 9.72 Å². The SMILES string of the molecule is Cc1ccnc(Sc2ccc(C(N)=O)cc2[N+](=O)[O-])n1. The molecular weight excluding hydrogens is 280 g/mol. The van der Waals surface area contributed by atoms with Crippen molar-refractivity contribution in [2.24, 2.45) is 5.73 Å². The Morgan fingerprint density at radius 1 is 1.40 bits per heavy atom. The normalized spacial score (nSPS) is 10.2. The monoisotopic (exact) mass is 290 g/mol. The van der Waals surface area contributed by atoms with Gasteiger partial charge in [0.05, 0.1) is 9.82 Å². The van der Waals surface area contributed by atoms with Gasteiger partial charge in [0.15, 0.2) is 5.16 Å². The molecule has 0 spiro atoms. The average molecular weight is 290 g/mol. The zero-order valence-electron chi connectivity index (χ0n) is 10.4. The third-order valence-electron chi connectivity index (χ3n) is 2.41. The molecule has 0 radical (unpaired) electrons. The molecule has 0 fully saturated rings. The highest BCUT2D eigenvalue weighted by Gasteiger charge is 2.18. The fourth-order valence-electron chi connectivity index (χ4n) is 1.47. The summed E-state index contributed by atoms with van der Waals surface area (Å²) in [5.74, 6) is -0.712. The van der Waals surface area contributed by atoms with Crippen LogP contribution in [0.2, 0.25) is 0 Å². The number of hydrogen-bond acceptors (Lipinski definition) is 6. The predicted molar refractivity (Wildman–Crippen MR) is 72.5 cm³/mol. The van der Waals surface area contributed by atoms with Gasteiger partial charge in [0.25, 0.3) is 5.69 Å². The van der Waals surface area contributed by atoms with Crippen LogP contribution in [-0.2, 0) is 0 Å². The van der Waals surface area contributed by atoms with Crippen LogP contribution in [0.3, 0.4) is 0 Å². The van der Waals surface area contributed by atoms with Crippen LogP contribution in [-0.4, -0.2) is 20.8 Å². The summed E-state index contributed by atoms with van der Waals surface area (Å²) in [6.45, 7) is 1.80. The molecular formula is C12H10N4O3S. The molecule has 7 nitrogen and oxygen atoms in total. The number of nitro benzene ring substituents is 1. The number of hydrogen-bond donors (Lipinski definition) is 1. The van der Waals surface area contributed by atoms with E-state index in [0.717, 1.165) is 23.5 Å². The fourth-order valence-corrected chi connectivity index (χ4v) is 2.35. The van der Waals surface area contributed by atoms with Gasteiger partial charge in [-0.3, -0.25) is 14.9 Å². The average Bonchev–Trinajstić information content (AvgIpc) is 2.38. The maximum absolute atomic E-state index is 11.1. The highest BCUT2D eigenvalue weighted by molar-refractivity contribution is 7.99. The van der Waals surface area contributed by atoms with E-state index in [1.807, 2.05) is 0 Å². The molecule has 1 heterocycles. The number of nitrogens with two attached hydrogens (primary N) is 1. The number of primary amides is 1. The molecule has 102 valence electrons. The Morgan fingerprint density at radius 2 is 2.15 bits per heavy atom. The lowest BCUT2D eigenvalue weighted by molar-refractivity contribution is -0.387. The van der Waals surface area contributed by atoms with Crippen LogP contribution in [0.25, 0.3) is 0 Å². The Morgan fingerprint density at radius 3 is 2.75 bits per heavy atom. The minimum atomic E-state index is -0.712. The number of aryl methyl sites for hydroxylation is 1. The molecule has 1 amide bonds. The van der Waals surface area contributed by atoms with Crippen LogP contribution in [0.4, 0.5) is 5.69 Å². The van der Waals surface area contributed by atoms with Gasteiger partial charge >= 0.3 is 0 Å². The van der Waals surface area contributed by atoms with Crippen LogP contribution < -0.4 is 5.73 Å². The molecule has 0 aliphatic heterocycles. The predicted octanol–water partition coefficient (Wildman–Crippen LogP) is 1.94. The first-order chi connectivity index (χ1) is 9.47. The van der Waals surface area contributed by atoms with Crippen molar-refractivity contribution in [1.29, 1.82) is 0 Å². The quantitative estimate of drug-likeness (QED) is 0.523. The summed E-state index contributed by atoms with van der Waals surface area (Å²) in [5, 5.41) is 11.5. The first-order valence-electron chi connectivity index (χ1n) is 5.53. The second-order valence-electron chi connectivity index (χ2n) is 3.89. The highest BCUT2D eigenvalue weighted by atomic mass is 32.2. The largest absolute Gasteiger partial charge is 0.366 e. The van der Waals surface area contributed by atoms with E-state index in [1.165, 1.54) is 12.1 Å². The molecule has 0 saturated heterocycles. The van der Waals surface area contributed by atoms with E-state index in [4.69, 9.17) is 5.73 Å². The number of nitrogens with zero attached hydrogens (tertiary/aromatic N) is 3. The molecule has 8 heteroatoms. The van der Waals surface area contributed by atoms with Gasteiger partial charge in [-0.15, -0.1) is 0 Å². The topological polar surface area (TPSA) is 112 Å². The molecule has 0 bridgehead atoms. The van der Waals surface area contributed by atoms with Crippen LogP contribution >= 0.6 is 11.8 Å². The van der Waals surface area contributed by atoms with Gasteiger partial charge in [-0.1, -0.05) is 0 Å². The van der Waals surface area contributed by atoms with E-state index in [1.54, 1.807) is 19.2 Å². The van der Waals surface area contributed by atoms with E-state index in [9.17, 15) is 14.9 Å². The Kier molecular flexibility index (Phi) is 3.94. The Labute approximate surface area is 118 Å². The van der Waals surface area contributed by atoms with Gasteiger partial charge in [-0.05, 0) is 36.9 Å². The molecule has 2 rings (SSSR count). The maximum Gasteiger partial charge on any atom is 0.284 e. The number of rotatable bonds is 4. The summed E-state index contributed by atoms with van der Waals surface area (Å²) >= 11 is 1.06. The lowest BCUT2D eigenvalue weighted by atomic mass is 10.2. The van der Waals surface area contributed by atoms with E-state index in [-0.39, 0.29) is 11.3 Å². The van der Waals surface area contributed by atoms with Gasteiger partial charge in [0.1, 0.15) is 0 Å². The molecule has 20 heavy (non-hydrogen) atoms. The van der Waals surface area contributed by atoms with E-state index in [2.05, 4.69) is 9.97 Å². The van der Waals surface area contributed by atoms with E-state index in [0.29, 0.717) is 10.1 Å². The number of carbonyl (C=O) groups excluding carboxylic acids is 1. The molecule has 2 N–H and O–H groups in total. The highest BCUT2D eigenvalue weighted by Crippen LogP contribution is 2.33. The standard InChI is InChI=1S/C12H10N4O3S/c1-7-4-5-14-12(15-7)20-10-3-2-8(11(13)17)6-9(10)16(18)19/h2-6H,1H3,(H2,13,17). The summed E-state index contributed by atoms with van der Waals surface area (Å²) in [5.41, 5.74) is 5.77. The zero-order valence-corrected chi connectivity index (χ0v) is 11.3. The van der Waals surface area contributed by atoms with Crippen molar-refractivity contribution in [2.75, 3.05) is 0 Å². The van der Waals surface area contributed by atoms with Gasteiger partial charge in [0.2, 0.25) is 5.91 Å². The van der Waals surface area contributed by atoms with Crippen LogP contribution in [0.5, 0.6) is 0 Å². The molecule has 1 aromatic heterocycles. The first kappa shape index (κ1) is 13.9. The van der Waals surface area contributed by atoms with Crippen LogP contribution in [0, 0.1) is 17.0 Å². The Bertz CT molecular complexity index is 690. The third-order valence-corrected chi connectivity index (χ3v) is 3.36. The number of amides is 1. The molecule has 0 saturated carbocycles. The Balaban J connectivity index is 2.41. The number of benzene rings is 1. The number of aromatic nitrogens is 2. The summed E-state index contributed by atoms with van der Waals surface area (Å²) in [7, 11) is 0. The lowest BCUT2D eigenvalue weighted by Gasteiger charge is -2.03. The van der Waals surface area contributed by atoms with Crippen molar-refractivity contribution in [3.8, 4) is 0 Å². The number of nitro groups is 1. The third kappa shape index (κ3) is 3.09. The van der Waals surface area contributed by atoms with Gasteiger partial charge < -0.3 is 5.73 Å². The van der Waals surface area contributed by atoms with E-state index < -0.39 is 10.8 Å². The molecule has 0 aliphatic rings. The first-order valence-corrected chi connectivity index (χ1v) is 6.35. The molecule has 1 aromatic carbocycles. The second kappa shape index (κ2) is 5.66. The van der Waals surface area contributed by atoms with Crippen molar-refractivity contribution in [1.82, 2.24) is 9.97 Å². The molecule has 0 unspecified atom stereocenters. The minimum Gasteiger partial charge on any atom is -0.366 e. The smallest absolute Gasteiger partial charge is 0.284 e. The minimum absolute atomic E-state index is 0.0891. The number of carbonyl (C=O) groups is 1. The van der Waals surface area contributed by atoms with Crippen molar-refractivity contribution in [3.63, 3.8) is 0 Å². The second-order valence-corrected chi connectivity index (χ2v) is 4.90. The maximum atomic E-state index is 11.1. The zero-order chi connectivity index (χ0) is 14.7. The molecule has 2 aromatic rings. The van der Waals surface area contributed by atoms with Crippen molar-refractivity contribution in [2.45, 2.75) is 17.0 Å². The van der Waals surface area contributed by atoms with Crippen molar-refractivity contribution >= 4 is 23.4 Å².